The van der Waals surface area contributed by atoms with E-state index in [4.69, 9.17) is 0 Å². The predicted octanol–water partition coefficient (Wildman–Crippen LogP) is 3.78. The number of benzene rings is 2. The number of nitrogens with one attached hydrogen (secondary N) is 1. The van der Waals surface area contributed by atoms with E-state index in [1.165, 1.54) is 17.3 Å². The molecule has 1 aliphatic rings. The first-order chi connectivity index (χ1) is 13.7. The molecule has 5 nitrogen and oxygen atoms in total. The van der Waals surface area contributed by atoms with Crippen LogP contribution in [0.2, 0.25) is 0 Å². The number of hydrogen-bond acceptors (Lipinski definition) is 4. The van der Waals surface area contributed by atoms with Gasteiger partial charge in [-0.15, -0.1) is 0 Å². The molecule has 2 aromatic carbocycles. The van der Waals surface area contributed by atoms with Crippen LogP contribution < -0.4 is 5.32 Å². The van der Waals surface area contributed by atoms with E-state index in [9.17, 15) is 9.59 Å². The van der Waals surface area contributed by atoms with Gasteiger partial charge in [0.25, 0.3) is 0 Å². The number of amidine groups is 1. The molecule has 1 aliphatic heterocycles. The van der Waals surface area contributed by atoms with Crippen molar-refractivity contribution in [3.05, 3.63) is 66.2 Å². The fourth-order valence-corrected chi connectivity index (χ4v) is 4.20. The van der Waals surface area contributed by atoms with Gasteiger partial charge in [-0.1, -0.05) is 60.3 Å². The predicted molar refractivity (Wildman–Crippen MR) is 115 cm³/mol. The Morgan fingerprint density at radius 1 is 1.14 bits per heavy atom. The molecule has 0 spiro atoms. The van der Waals surface area contributed by atoms with Gasteiger partial charge in [0.1, 0.15) is 0 Å². The molecule has 3 rings (SSSR count). The lowest BCUT2D eigenvalue weighted by Gasteiger charge is -2.31. The zero-order chi connectivity index (χ0) is 19.8. The summed E-state index contributed by atoms with van der Waals surface area (Å²) in [4.78, 5) is 31.5. The molecule has 0 bridgehead atoms. The smallest absolute Gasteiger partial charge is 0.234 e. The van der Waals surface area contributed by atoms with Crippen molar-refractivity contribution in [2.24, 2.45) is 4.99 Å². The van der Waals surface area contributed by atoms with Gasteiger partial charge in [-0.2, -0.15) is 0 Å². The zero-order valence-corrected chi connectivity index (χ0v) is 16.8. The van der Waals surface area contributed by atoms with Crippen molar-refractivity contribution < 1.29 is 9.59 Å². The molecule has 0 unspecified atom stereocenters. The summed E-state index contributed by atoms with van der Waals surface area (Å²) in [6.07, 6.45) is 1.94. The number of hydrogen-bond donors (Lipinski definition) is 1. The van der Waals surface area contributed by atoms with Crippen LogP contribution in [-0.4, -0.2) is 40.2 Å². The molecule has 0 aromatic heterocycles. The molecule has 0 aliphatic carbocycles. The van der Waals surface area contributed by atoms with Crippen LogP contribution in [-0.2, 0) is 16.0 Å². The highest BCUT2D eigenvalue weighted by Crippen LogP contribution is 2.29. The second-order valence-electron chi connectivity index (χ2n) is 6.57. The molecule has 1 fully saturated rings. The third kappa shape index (κ3) is 5.45. The normalized spacial score (nSPS) is 18.3. The summed E-state index contributed by atoms with van der Waals surface area (Å²) >= 11 is 1.38. The van der Waals surface area contributed by atoms with Crippen LogP contribution in [0.15, 0.2) is 65.7 Å². The molecular formula is C22H25N3O2S. The van der Waals surface area contributed by atoms with Crippen molar-refractivity contribution in [3.8, 4) is 0 Å². The minimum absolute atomic E-state index is 0.0438. The molecular weight excluding hydrogens is 370 g/mol. The van der Waals surface area contributed by atoms with Crippen molar-refractivity contribution in [2.75, 3.05) is 13.1 Å². The lowest BCUT2D eigenvalue weighted by molar-refractivity contribution is -0.130. The number of thioether (sulfide) groups is 1. The Hall–Kier alpha value is -2.60. The van der Waals surface area contributed by atoms with Gasteiger partial charge >= 0.3 is 0 Å². The SMILES string of the molecule is CCNC(=O)[C@H]1CC(=O)N(CCCc2ccccc2)C(=Nc2ccccc2)S1. The number of aliphatic imine (C=N–C) groups is 1. The zero-order valence-electron chi connectivity index (χ0n) is 16.0. The summed E-state index contributed by atoms with van der Waals surface area (Å²) in [5.74, 6) is -0.150. The van der Waals surface area contributed by atoms with Gasteiger partial charge in [0, 0.05) is 19.5 Å². The number of carbonyl (C=O) groups is 2. The molecule has 0 radical (unpaired) electrons. The summed E-state index contributed by atoms with van der Waals surface area (Å²) in [5, 5.41) is 2.99. The average Bonchev–Trinajstić information content (AvgIpc) is 2.71. The van der Waals surface area contributed by atoms with Gasteiger partial charge in [0.2, 0.25) is 11.8 Å². The van der Waals surface area contributed by atoms with E-state index in [0.717, 1.165) is 18.5 Å². The summed E-state index contributed by atoms with van der Waals surface area (Å²) in [6.45, 7) is 3.02. The van der Waals surface area contributed by atoms with E-state index in [-0.39, 0.29) is 18.2 Å². The van der Waals surface area contributed by atoms with E-state index in [0.29, 0.717) is 18.3 Å². The van der Waals surface area contributed by atoms with Gasteiger partial charge in [-0.3, -0.25) is 14.5 Å². The van der Waals surface area contributed by atoms with E-state index in [1.54, 1.807) is 4.90 Å². The van der Waals surface area contributed by atoms with E-state index in [2.05, 4.69) is 22.4 Å². The van der Waals surface area contributed by atoms with Gasteiger partial charge in [-0.05, 0) is 37.5 Å². The Balaban J connectivity index is 1.74. The lowest BCUT2D eigenvalue weighted by Crippen LogP contribution is -2.47. The highest BCUT2D eigenvalue weighted by Gasteiger charge is 2.35. The number of aryl methyl sites for hydroxylation is 1. The van der Waals surface area contributed by atoms with Gasteiger partial charge in [0.05, 0.1) is 10.9 Å². The molecule has 146 valence electrons. The highest BCUT2D eigenvalue weighted by atomic mass is 32.2. The molecule has 1 atom stereocenters. The third-order valence-corrected chi connectivity index (χ3v) is 5.64. The average molecular weight is 396 g/mol. The topological polar surface area (TPSA) is 61.8 Å². The molecule has 28 heavy (non-hydrogen) atoms. The van der Waals surface area contributed by atoms with Gasteiger partial charge in [0.15, 0.2) is 5.17 Å². The fourth-order valence-electron chi connectivity index (χ4n) is 3.05. The van der Waals surface area contributed by atoms with Crippen molar-refractivity contribution in [1.82, 2.24) is 10.2 Å². The number of nitrogens with zero attached hydrogens (tertiary/aromatic N) is 2. The largest absolute Gasteiger partial charge is 0.355 e. The second kappa shape index (κ2) is 10.1. The maximum absolute atomic E-state index is 12.8. The Bertz CT molecular complexity index is 824. The number of para-hydroxylation sites is 1. The van der Waals surface area contributed by atoms with Crippen molar-refractivity contribution in [1.29, 1.82) is 0 Å². The summed E-state index contributed by atoms with van der Waals surface area (Å²) < 4.78 is 0. The molecule has 6 heteroatoms. The first-order valence-corrected chi connectivity index (χ1v) is 10.5. The molecule has 2 amide bonds. The Morgan fingerprint density at radius 3 is 2.50 bits per heavy atom. The van der Waals surface area contributed by atoms with Crippen molar-refractivity contribution >= 4 is 34.4 Å². The minimum atomic E-state index is -0.430. The standard InChI is InChI=1S/C22H25N3O2S/c1-2-23-21(27)19-16-20(26)25(15-9-12-17-10-5-3-6-11-17)22(28-19)24-18-13-7-4-8-14-18/h3-8,10-11,13-14,19H,2,9,12,15-16H2,1H3,(H,23,27)/t19-/m1/s1. The van der Waals surface area contributed by atoms with E-state index in [1.807, 2.05) is 55.5 Å². The molecule has 1 heterocycles. The molecule has 2 aromatic rings. The fraction of sp³-hybridized carbons (Fsp3) is 0.318. The van der Waals surface area contributed by atoms with Crippen molar-refractivity contribution in [2.45, 2.75) is 31.4 Å². The quantitative estimate of drug-likeness (QED) is 0.776. The van der Waals surface area contributed by atoms with Crippen LogP contribution in [0.25, 0.3) is 0 Å². The van der Waals surface area contributed by atoms with Crippen LogP contribution >= 0.6 is 11.8 Å². The van der Waals surface area contributed by atoms with Crippen LogP contribution in [0.5, 0.6) is 0 Å². The highest BCUT2D eigenvalue weighted by molar-refractivity contribution is 8.15. The number of rotatable bonds is 7. The third-order valence-electron chi connectivity index (χ3n) is 4.45. The second-order valence-corrected chi connectivity index (χ2v) is 7.74. The summed E-state index contributed by atoms with van der Waals surface area (Å²) in [5.41, 5.74) is 2.03. The monoisotopic (exact) mass is 395 g/mol. The maximum Gasteiger partial charge on any atom is 0.234 e. The Labute approximate surface area is 170 Å². The summed E-state index contributed by atoms with van der Waals surface area (Å²) in [6, 6.07) is 19.8. The van der Waals surface area contributed by atoms with Crippen LogP contribution in [0.1, 0.15) is 25.3 Å². The number of carbonyl (C=O) groups excluding carboxylic acids is 2. The molecule has 1 saturated heterocycles. The number of amides is 2. The first kappa shape index (κ1) is 20.1. The van der Waals surface area contributed by atoms with Gasteiger partial charge < -0.3 is 5.32 Å². The van der Waals surface area contributed by atoms with Crippen LogP contribution in [0.4, 0.5) is 5.69 Å². The molecule has 0 saturated carbocycles. The minimum Gasteiger partial charge on any atom is -0.355 e. The van der Waals surface area contributed by atoms with Gasteiger partial charge in [-0.25, -0.2) is 4.99 Å². The van der Waals surface area contributed by atoms with Crippen LogP contribution in [0, 0.1) is 0 Å². The Kier molecular flexibility index (Phi) is 7.25. The Morgan fingerprint density at radius 2 is 1.82 bits per heavy atom. The van der Waals surface area contributed by atoms with E-state index < -0.39 is 5.25 Å². The lowest BCUT2D eigenvalue weighted by atomic mass is 10.1. The molecule has 1 N–H and O–H groups in total. The van der Waals surface area contributed by atoms with E-state index >= 15 is 0 Å². The maximum atomic E-state index is 12.8. The van der Waals surface area contributed by atoms with Crippen molar-refractivity contribution in [3.63, 3.8) is 0 Å². The van der Waals surface area contributed by atoms with Crippen LogP contribution in [0.3, 0.4) is 0 Å². The first-order valence-electron chi connectivity index (χ1n) is 9.59. The summed E-state index contributed by atoms with van der Waals surface area (Å²) in [7, 11) is 0.